The van der Waals surface area contributed by atoms with E-state index in [4.69, 9.17) is 33.0 Å². The molecule has 0 aromatic carbocycles. The number of hydrogen-bond acceptors (Lipinski definition) is 3. The van der Waals surface area contributed by atoms with Gasteiger partial charge in [-0.3, -0.25) is 9.59 Å². The number of rotatable bonds is 4. The average molecular weight is 335 g/mol. The predicted molar refractivity (Wildman–Crippen MR) is 77.9 cm³/mol. The van der Waals surface area contributed by atoms with Gasteiger partial charge in [-0.05, 0) is 18.9 Å². The van der Waals surface area contributed by atoms with Crippen molar-refractivity contribution in [2.24, 2.45) is 7.05 Å². The van der Waals surface area contributed by atoms with Crippen molar-refractivity contribution in [3.05, 3.63) is 21.9 Å². The van der Waals surface area contributed by atoms with E-state index < -0.39 is 5.97 Å². The fourth-order valence-electron chi connectivity index (χ4n) is 2.40. The molecule has 0 radical (unpaired) electrons. The Morgan fingerprint density at radius 3 is 2.52 bits per heavy atom. The number of ether oxygens (including phenoxy) is 1. The smallest absolute Gasteiger partial charge is 0.323 e. The number of carbonyl (C=O) groups is 2. The molecule has 1 aliphatic rings. The van der Waals surface area contributed by atoms with Crippen LogP contribution in [0.4, 0.5) is 0 Å². The van der Waals surface area contributed by atoms with Crippen LogP contribution in [0.15, 0.2) is 6.07 Å². The van der Waals surface area contributed by atoms with Crippen molar-refractivity contribution in [1.29, 1.82) is 0 Å². The minimum absolute atomic E-state index is 0.158. The highest BCUT2D eigenvalue weighted by Gasteiger charge is 2.30. The molecule has 0 unspecified atom stereocenters. The summed E-state index contributed by atoms with van der Waals surface area (Å²) >= 11 is 11.9. The number of aliphatic carboxylic acids is 1. The van der Waals surface area contributed by atoms with E-state index in [0.29, 0.717) is 26.1 Å². The molecule has 0 bridgehead atoms. The van der Waals surface area contributed by atoms with Crippen LogP contribution < -0.4 is 0 Å². The van der Waals surface area contributed by atoms with Crippen molar-refractivity contribution in [1.82, 2.24) is 9.47 Å². The van der Waals surface area contributed by atoms with Gasteiger partial charge in [-0.2, -0.15) is 0 Å². The quantitative estimate of drug-likeness (QED) is 0.914. The van der Waals surface area contributed by atoms with Crippen LogP contribution in [0.25, 0.3) is 0 Å². The first-order valence-electron chi connectivity index (χ1n) is 6.53. The molecule has 1 saturated heterocycles. The van der Waals surface area contributed by atoms with Gasteiger partial charge in [0.2, 0.25) is 0 Å². The Balaban J connectivity index is 2.28. The summed E-state index contributed by atoms with van der Waals surface area (Å²) in [5, 5.41) is 9.58. The lowest BCUT2D eigenvalue weighted by atomic mass is 10.1. The van der Waals surface area contributed by atoms with Gasteiger partial charge >= 0.3 is 5.97 Å². The number of carbonyl (C=O) groups excluding carboxylic acids is 1. The summed E-state index contributed by atoms with van der Waals surface area (Å²) in [6.07, 6.45) is 1.23. The highest BCUT2D eigenvalue weighted by atomic mass is 35.5. The summed E-state index contributed by atoms with van der Waals surface area (Å²) < 4.78 is 6.71. The highest BCUT2D eigenvalue weighted by molar-refractivity contribution is 6.41. The number of halogens is 2. The average Bonchev–Trinajstić information content (AvgIpc) is 2.72. The van der Waals surface area contributed by atoms with E-state index in [1.54, 1.807) is 7.05 Å². The predicted octanol–water partition coefficient (Wildman–Crippen LogP) is 2.04. The molecule has 1 amide bonds. The van der Waals surface area contributed by atoms with Crippen LogP contribution in [0.3, 0.4) is 0 Å². The molecule has 0 saturated carbocycles. The van der Waals surface area contributed by atoms with Crippen molar-refractivity contribution in [3.8, 4) is 0 Å². The molecule has 0 aliphatic carbocycles. The van der Waals surface area contributed by atoms with E-state index in [9.17, 15) is 9.59 Å². The summed E-state index contributed by atoms with van der Waals surface area (Å²) in [5.74, 6) is -1.44. The number of amides is 1. The molecule has 0 spiro atoms. The van der Waals surface area contributed by atoms with Crippen molar-refractivity contribution in [2.75, 3.05) is 19.8 Å². The van der Waals surface area contributed by atoms with Gasteiger partial charge in [-0.1, -0.05) is 23.2 Å². The maximum atomic E-state index is 12.6. The van der Waals surface area contributed by atoms with Crippen molar-refractivity contribution < 1.29 is 19.4 Å². The molecule has 116 valence electrons. The lowest BCUT2D eigenvalue weighted by Crippen LogP contribution is -2.46. The Hall–Kier alpha value is -1.24. The fourth-order valence-corrected chi connectivity index (χ4v) is 2.78. The third-order valence-electron chi connectivity index (χ3n) is 3.53. The van der Waals surface area contributed by atoms with Crippen LogP contribution in [0.1, 0.15) is 23.3 Å². The summed E-state index contributed by atoms with van der Waals surface area (Å²) in [4.78, 5) is 25.1. The van der Waals surface area contributed by atoms with Gasteiger partial charge in [-0.25, -0.2) is 0 Å². The Morgan fingerprint density at radius 1 is 1.43 bits per heavy atom. The van der Waals surface area contributed by atoms with E-state index >= 15 is 0 Å². The number of carboxylic acid groups (broad SMARTS) is 1. The lowest BCUT2D eigenvalue weighted by Gasteiger charge is -2.33. The van der Waals surface area contributed by atoms with E-state index in [2.05, 4.69) is 0 Å². The van der Waals surface area contributed by atoms with Crippen molar-refractivity contribution >= 4 is 35.1 Å². The number of hydrogen-bond donors (Lipinski definition) is 1. The van der Waals surface area contributed by atoms with Crippen LogP contribution in [0, 0.1) is 0 Å². The fraction of sp³-hybridized carbons (Fsp3) is 0.538. The first kappa shape index (κ1) is 16.1. The Labute approximate surface area is 132 Å². The molecule has 21 heavy (non-hydrogen) atoms. The zero-order valence-corrected chi connectivity index (χ0v) is 13.0. The van der Waals surface area contributed by atoms with Crippen LogP contribution in [-0.4, -0.2) is 52.3 Å². The molecule has 1 aromatic rings. The molecule has 1 fully saturated rings. The third kappa shape index (κ3) is 3.51. The first-order chi connectivity index (χ1) is 9.91. The summed E-state index contributed by atoms with van der Waals surface area (Å²) in [6.45, 7) is 0.676. The van der Waals surface area contributed by atoms with Gasteiger partial charge < -0.3 is 19.3 Å². The van der Waals surface area contributed by atoms with Crippen LogP contribution in [-0.2, 0) is 16.6 Å². The van der Waals surface area contributed by atoms with Gasteiger partial charge in [0.05, 0.1) is 5.02 Å². The van der Waals surface area contributed by atoms with Crippen molar-refractivity contribution in [3.63, 3.8) is 0 Å². The zero-order valence-electron chi connectivity index (χ0n) is 11.5. The SMILES string of the molecule is Cn1c(C(=O)N(CC(=O)O)C2CCOCC2)cc(Cl)c1Cl. The van der Waals surface area contributed by atoms with Crippen LogP contribution in [0.5, 0.6) is 0 Å². The topological polar surface area (TPSA) is 71.8 Å². The minimum Gasteiger partial charge on any atom is -0.480 e. The molecule has 1 aromatic heterocycles. The maximum absolute atomic E-state index is 12.6. The van der Waals surface area contributed by atoms with Gasteiger partial charge in [-0.15, -0.1) is 0 Å². The Kier molecular flexibility index (Phi) is 5.13. The zero-order chi connectivity index (χ0) is 15.6. The van der Waals surface area contributed by atoms with Gasteiger partial charge in [0, 0.05) is 26.3 Å². The monoisotopic (exact) mass is 334 g/mol. The van der Waals surface area contributed by atoms with Crippen molar-refractivity contribution in [2.45, 2.75) is 18.9 Å². The number of nitrogens with zero attached hydrogens (tertiary/aromatic N) is 2. The second-order valence-electron chi connectivity index (χ2n) is 4.90. The van der Waals surface area contributed by atoms with Crippen LogP contribution >= 0.6 is 23.2 Å². The second-order valence-corrected chi connectivity index (χ2v) is 5.66. The largest absolute Gasteiger partial charge is 0.480 e. The lowest BCUT2D eigenvalue weighted by molar-refractivity contribution is -0.138. The van der Waals surface area contributed by atoms with Crippen LogP contribution in [0.2, 0.25) is 10.2 Å². The van der Waals surface area contributed by atoms with E-state index in [0.717, 1.165) is 0 Å². The van der Waals surface area contributed by atoms with Gasteiger partial charge in [0.25, 0.3) is 5.91 Å². The molecule has 0 atom stereocenters. The summed E-state index contributed by atoms with van der Waals surface area (Å²) in [5.41, 5.74) is 0.276. The Bertz CT molecular complexity index is 553. The second kappa shape index (κ2) is 6.68. The molecule has 8 heteroatoms. The molecule has 2 rings (SSSR count). The maximum Gasteiger partial charge on any atom is 0.323 e. The van der Waals surface area contributed by atoms with E-state index in [1.165, 1.54) is 15.5 Å². The standard InChI is InChI=1S/C13H16Cl2N2O4/c1-16-10(6-9(14)12(16)15)13(20)17(7-11(18)19)8-2-4-21-5-3-8/h6,8H,2-5,7H2,1H3,(H,18,19). The summed E-state index contributed by atoms with van der Waals surface area (Å²) in [7, 11) is 1.62. The minimum atomic E-state index is -1.05. The number of aromatic nitrogens is 1. The van der Waals surface area contributed by atoms with Gasteiger partial charge in [0.1, 0.15) is 17.4 Å². The molecular weight excluding hydrogens is 319 g/mol. The molecule has 1 aliphatic heterocycles. The van der Waals surface area contributed by atoms with E-state index in [1.807, 2.05) is 0 Å². The van der Waals surface area contributed by atoms with Gasteiger partial charge in [0.15, 0.2) is 0 Å². The normalized spacial score (nSPS) is 16.0. The van der Waals surface area contributed by atoms with E-state index in [-0.39, 0.29) is 34.4 Å². The Morgan fingerprint density at radius 2 is 2.05 bits per heavy atom. The molecule has 2 heterocycles. The summed E-state index contributed by atoms with van der Waals surface area (Å²) in [6, 6.07) is 1.30. The third-order valence-corrected chi connectivity index (χ3v) is 4.38. The molecule has 6 nitrogen and oxygen atoms in total. The number of carboxylic acids is 1. The molecular formula is C13H16Cl2N2O4. The highest BCUT2D eigenvalue weighted by Crippen LogP contribution is 2.27. The molecule has 1 N–H and O–H groups in total. The first-order valence-corrected chi connectivity index (χ1v) is 7.28.